The molecule has 28 heavy (non-hydrogen) atoms. The Bertz CT molecular complexity index is 959. The number of rotatable bonds is 4. The van der Waals surface area contributed by atoms with Gasteiger partial charge in [0.15, 0.2) is 0 Å². The van der Waals surface area contributed by atoms with Crippen LogP contribution in [-0.4, -0.2) is 30.8 Å². The lowest BCUT2D eigenvalue weighted by Crippen LogP contribution is -2.27. The van der Waals surface area contributed by atoms with Crippen molar-refractivity contribution in [1.29, 1.82) is 0 Å². The van der Waals surface area contributed by atoms with Gasteiger partial charge >= 0.3 is 18.0 Å². The third-order valence-electron chi connectivity index (χ3n) is 4.30. The second kappa shape index (κ2) is 7.95. The second-order valence-corrected chi connectivity index (χ2v) is 6.15. The molecule has 9 heteroatoms. The van der Waals surface area contributed by atoms with Gasteiger partial charge in [-0.2, -0.15) is 5.10 Å². The summed E-state index contributed by atoms with van der Waals surface area (Å²) in [6, 6.07) is 5.21. The number of benzene rings is 1. The minimum absolute atomic E-state index is 0.0655. The number of ether oxygens (including phenoxy) is 2. The van der Waals surface area contributed by atoms with Crippen molar-refractivity contribution in [2.75, 3.05) is 7.11 Å². The number of carbonyl (C=O) groups excluding carboxylic acids is 3. The van der Waals surface area contributed by atoms with Crippen molar-refractivity contribution in [3.63, 3.8) is 0 Å². The number of furan rings is 1. The highest BCUT2D eigenvalue weighted by Crippen LogP contribution is 2.30. The van der Waals surface area contributed by atoms with Crippen molar-refractivity contribution < 1.29 is 28.3 Å². The van der Waals surface area contributed by atoms with Crippen molar-refractivity contribution in [3.8, 4) is 5.75 Å². The van der Waals surface area contributed by atoms with E-state index in [2.05, 4.69) is 15.3 Å². The molecule has 0 bridgehead atoms. The van der Waals surface area contributed by atoms with Gasteiger partial charge in [-0.3, -0.25) is 0 Å². The minimum atomic E-state index is -0.768. The van der Waals surface area contributed by atoms with E-state index in [4.69, 9.17) is 14.9 Å². The summed E-state index contributed by atoms with van der Waals surface area (Å²) in [5, 5.41) is 4.01. The van der Waals surface area contributed by atoms with Crippen molar-refractivity contribution in [2.24, 2.45) is 10.8 Å². The average Bonchev–Trinajstić information content (AvgIpc) is 3.03. The summed E-state index contributed by atoms with van der Waals surface area (Å²) in [4.78, 5) is 34.9. The van der Waals surface area contributed by atoms with Gasteiger partial charge in [-0.05, 0) is 44.0 Å². The fourth-order valence-corrected chi connectivity index (χ4v) is 3.03. The van der Waals surface area contributed by atoms with Crippen LogP contribution in [0.25, 0.3) is 0 Å². The Morgan fingerprint density at radius 3 is 2.50 bits per heavy atom. The van der Waals surface area contributed by atoms with Crippen LogP contribution in [-0.2, 0) is 11.2 Å². The molecule has 0 saturated carbocycles. The van der Waals surface area contributed by atoms with Crippen LogP contribution in [0.4, 0.5) is 4.79 Å². The largest absolute Gasteiger partial charge is 0.465 e. The van der Waals surface area contributed by atoms with Crippen LogP contribution in [0.2, 0.25) is 0 Å². The standard InChI is InChI=1S/C19H19N3O6/c1-10-15-13(21-22-19(20)25)4-3-5-14(15)28-16(10)18(24)27-12-8-6-11(7-9-12)17(23)26-2/h6-9H,3-5H2,1-2H3,(H3,20,22,25)/b21-13+. The zero-order valence-corrected chi connectivity index (χ0v) is 15.4. The summed E-state index contributed by atoms with van der Waals surface area (Å²) in [5.74, 6) is -0.211. The quantitative estimate of drug-likeness (QED) is 0.471. The monoisotopic (exact) mass is 385 g/mol. The van der Waals surface area contributed by atoms with Gasteiger partial charge in [-0.15, -0.1) is 0 Å². The molecule has 3 N–H and O–H groups in total. The van der Waals surface area contributed by atoms with Gasteiger partial charge in [-0.25, -0.2) is 19.8 Å². The molecule has 0 unspecified atom stereocenters. The Kier molecular flexibility index (Phi) is 5.44. The number of hydrogen-bond donors (Lipinski definition) is 2. The van der Waals surface area contributed by atoms with E-state index in [1.54, 1.807) is 6.92 Å². The fourth-order valence-electron chi connectivity index (χ4n) is 3.03. The molecule has 0 saturated heterocycles. The zero-order chi connectivity index (χ0) is 20.3. The molecular weight excluding hydrogens is 366 g/mol. The molecule has 1 aromatic carbocycles. The van der Waals surface area contributed by atoms with Crippen molar-refractivity contribution in [1.82, 2.24) is 5.43 Å². The first kappa shape index (κ1) is 19.2. The highest BCUT2D eigenvalue weighted by molar-refractivity contribution is 6.06. The number of esters is 2. The predicted octanol–water partition coefficient (Wildman–Crippen LogP) is 2.30. The number of hydrazone groups is 1. The number of urea groups is 1. The van der Waals surface area contributed by atoms with Gasteiger partial charge in [-0.1, -0.05) is 0 Å². The number of methoxy groups -OCH3 is 1. The Morgan fingerprint density at radius 2 is 1.86 bits per heavy atom. The topological polar surface area (TPSA) is 133 Å². The first-order valence-electron chi connectivity index (χ1n) is 8.56. The molecule has 0 spiro atoms. The maximum absolute atomic E-state index is 12.6. The van der Waals surface area contributed by atoms with Crippen molar-refractivity contribution >= 4 is 23.7 Å². The van der Waals surface area contributed by atoms with Crippen LogP contribution in [0.1, 0.15) is 50.6 Å². The molecule has 3 rings (SSSR count). The average molecular weight is 385 g/mol. The van der Waals surface area contributed by atoms with E-state index >= 15 is 0 Å². The molecule has 2 amide bonds. The highest BCUT2D eigenvalue weighted by Gasteiger charge is 2.29. The zero-order valence-electron chi connectivity index (χ0n) is 15.4. The van der Waals surface area contributed by atoms with E-state index in [0.717, 1.165) is 6.42 Å². The number of carbonyl (C=O) groups is 3. The minimum Gasteiger partial charge on any atom is -0.465 e. The third kappa shape index (κ3) is 3.88. The molecule has 146 valence electrons. The van der Waals surface area contributed by atoms with Crippen LogP contribution in [0.5, 0.6) is 5.75 Å². The fraction of sp³-hybridized carbons (Fsp3) is 0.263. The van der Waals surface area contributed by atoms with Crippen molar-refractivity contribution in [2.45, 2.75) is 26.2 Å². The van der Waals surface area contributed by atoms with E-state index in [9.17, 15) is 14.4 Å². The summed E-state index contributed by atoms with van der Waals surface area (Å²) < 4.78 is 15.7. The lowest BCUT2D eigenvalue weighted by Gasteiger charge is -2.12. The van der Waals surface area contributed by atoms with E-state index in [1.807, 2.05) is 0 Å². The number of aryl methyl sites for hydroxylation is 1. The second-order valence-electron chi connectivity index (χ2n) is 6.15. The molecule has 1 aliphatic rings. The lowest BCUT2D eigenvalue weighted by molar-refractivity contribution is 0.0600. The normalized spacial score (nSPS) is 14.3. The molecule has 2 aromatic rings. The predicted molar refractivity (Wildman–Crippen MR) is 98.4 cm³/mol. The van der Waals surface area contributed by atoms with Crippen LogP contribution in [0.15, 0.2) is 33.8 Å². The Labute approximate surface area is 160 Å². The van der Waals surface area contributed by atoms with Gasteiger partial charge in [0, 0.05) is 17.5 Å². The number of primary amides is 1. The molecule has 0 atom stereocenters. The summed E-state index contributed by atoms with van der Waals surface area (Å²) >= 11 is 0. The number of hydrogen-bond acceptors (Lipinski definition) is 7. The Balaban J connectivity index is 1.82. The smallest absolute Gasteiger partial charge is 0.379 e. The van der Waals surface area contributed by atoms with Crippen LogP contribution < -0.4 is 15.9 Å². The highest BCUT2D eigenvalue weighted by atomic mass is 16.5. The van der Waals surface area contributed by atoms with Gasteiger partial charge < -0.3 is 19.6 Å². The SMILES string of the molecule is COC(=O)c1ccc(OC(=O)c2oc3c(c2C)/C(=N/NC(N)=O)CCC3)cc1. The van der Waals surface area contributed by atoms with E-state index < -0.39 is 18.0 Å². The van der Waals surface area contributed by atoms with Gasteiger partial charge in [0.05, 0.1) is 18.4 Å². The van der Waals surface area contributed by atoms with Crippen LogP contribution in [0, 0.1) is 6.92 Å². The van der Waals surface area contributed by atoms with Gasteiger partial charge in [0.1, 0.15) is 11.5 Å². The molecule has 0 radical (unpaired) electrons. The summed E-state index contributed by atoms with van der Waals surface area (Å²) in [6.45, 7) is 1.73. The van der Waals surface area contributed by atoms with Crippen molar-refractivity contribution in [3.05, 3.63) is 52.5 Å². The summed E-state index contributed by atoms with van der Waals surface area (Å²) in [7, 11) is 1.29. The maximum atomic E-state index is 12.6. The Hall–Kier alpha value is -3.62. The number of fused-ring (bicyclic) bond motifs is 1. The summed E-state index contributed by atoms with van der Waals surface area (Å²) in [5.41, 5.74) is 9.48. The molecule has 0 aliphatic heterocycles. The summed E-state index contributed by atoms with van der Waals surface area (Å²) in [6.07, 6.45) is 2.03. The van der Waals surface area contributed by atoms with E-state index in [0.29, 0.717) is 41.0 Å². The van der Waals surface area contributed by atoms with Gasteiger partial charge in [0.25, 0.3) is 0 Å². The maximum Gasteiger partial charge on any atom is 0.379 e. The van der Waals surface area contributed by atoms with E-state index in [1.165, 1.54) is 31.4 Å². The number of nitrogens with two attached hydrogens (primary N) is 1. The molecule has 1 heterocycles. The third-order valence-corrected chi connectivity index (χ3v) is 4.30. The molecule has 1 aromatic heterocycles. The molecular formula is C19H19N3O6. The van der Waals surface area contributed by atoms with Gasteiger partial charge in [0.2, 0.25) is 5.76 Å². The molecule has 9 nitrogen and oxygen atoms in total. The molecule has 1 aliphatic carbocycles. The van der Waals surface area contributed by atoms with E-state index in [-0.39, 0.29) is 11.5 Å². The Morgan fingerprint density at radius 1 is 1.14 bits per heavy atom. The first-order chi connectivity index (χ1) is 13.4. The van der Waals surface area contributed by atoms with Crippen LogP contribution >= 0.6 is 0 Å². The molecule has 0 fully saturated rings. The number of nitrogens with one attached hydrogen (secondary N) is 1. The van der Waals surface area contributed by atoms with Crippen LogP contribution in [0.3, 0.4) is 0 Å². The number of amides is 2. The first-order valence-corrected chi connectivity index (χ1v) is 8.56. The number of nitrogens with zero attached hydrogens (tertiary/aromatic N) is 1. The lowest BCUT2D eigenvalue weighted by atomic mass is 9.93.